The highest BCUT2D eigenvalue weighted by molar-refractivity contribution is 5.85. The lowest BCUT2D eigenvalue weighted by molar-refractivity contribution is -0.121. The number of hydrogen-bond acceptors (Lipinski definition) is 2. The number of nitrogens with one attached hydrogen (secondary N) is 1. The minimum absolute atomic E-state index is 0.186. The SMILES string of the molecule is Cc1c(CCNC(=O)CCCN2CC(C)CC(C)C2)c2ccccc2n1C. The lowest BCUT2D eigenvalue weighted by Gasteiger charge is -2.34. The van der Waals surface area contributed by atoms with Crippen molar-refractivity contribution in [3.05, 3.63) is 35.5 Å². The first-order valence-electron chi connectivity index (χ1n) is 10.5. The van der Waals surface area contributed by atoms with Gasteiger partial charge < -0.3 is 14.8 Å². The zero-order valence-corrected chi connectivity index (χ0v) is 17.4. The van der Waals surface area contributed by atoms with Crippen molar-refractivity contribution in [2.75, 3.05) is 26.2 Å². The maximum absolute atomic E-state index is 12.2. The van der Waals surface area contributed by atoms with Gasteiger partial charge in [-0.05, 0) is 56.2 Å². The lowest BCUT2D eigenvalue weighted by Crippen LogP contribution is -2.39. The van der Waals surface area contributed by atoms with Gasteiger partial charge >= 0.3 is 0 Å². The third-order valence-corrected chi connectivity index (χ3v) is 6.05. The van der Waals surface area contributed by atoms with Crippen LogP contribution < -0.4 is 5.32 Å². The number of aromatic nitrogens is 1. The van der Waals surface area contributed by atoms with Crippen LogP contribution in [0.25, 0.3) is 10.9 Å². The van der Waals surface area contributed by atoms with Gasteiger partial charge in [0.25, 0.3) is 0 Å². The molecule has 2 unspecified atom stereocenters. The molecule has 2 heterocycles. The molecular formula is C23H35N3O. The number of likely N-dealkylation sites (tertiary alicyclic amines) is 1. The number of fused-ring (bicyclic) bond motifs is 1. The molecular weight excluding hydrogens is 334 g/mol. The highest BCUT2D eigenvalue weighted by Gasteiger charge is 2.21. The molecule has 1 amide bonds. The van der Waals surface area contributed by atoms with Crippen molar-refractivity contribution in [1.29, 1.82) is 0 Å². The van der Waals surface area contributed by atoms with Crippen molar-refractivity contribution in [3.63, 3.8) is 0 Å². The van der Waals surface area contributed by atoms with Gasteiger partial charge in [-0.1, -0.05) is 32.0 Å². The van der Waals surface area contributed by atoms with Crippen LogP contribution >= 0.6 is 0 Å². The summed E-state index contributed by atoms with van der Waals surface area (Å²) in [6.45, 7) is 11.0. The monoisotopic (exact) mass is 369 g/mol. The summed E-state index contributed by atoms with van der Waals surface area (Å²) in [6.07, 6.45) is 3.82. The Morgan fingerprint density at radius 2 is 1.89 bits per heavy atom. The molecule has 1 aromatic carbocycles. The number of aryl methyl sites for hydroxylation is 1. The molecule has 4 heteroatoms. The molecule has 0 spiro atoms. The molecule has 4 nitrogen and oxygen atoms in total. The van der Waals surface area contributed by atoms with Gasteiger partial charge in [0.05, 0.1) is 0 Å². The number of benzene rings is 1. The van der Waals surface area contributed by atoms with Crippen molar-refractivity contribution < 1.29 is 4.79 Å². The quantitative estimate of drug-likeness (QED) is 0.804. The van der Waals surface area contributed by atoms with E-state index in [1.807, 2.05) is 0 Å². The van der Waals surface area contributed by atoms with Gasteiger partial charge in [-0.25, -0.2) is 0 Å². The van der Waals surface area contributed by atoms with Gasteiger partial charge in [0.2, 0.25) is 5.91 Å². The number of amides is 1. The van der Waals surface area contributed by atoms with Crippen LogP contribution in [0.15, 0.2) is 24.3 Å². The molecule has 27 heavy (non-hydrogen) atoms. The zero-order chi connectivity index (χ0) is 19.4. The number of carbonyl (C=O) groups is 1. The Morgan fingerprint density at radius 1 is 1.19 bits per heavy atom. The van der Waals surface area contributed by atoms with Crippen molar-refractivity contribution in [2.24, 2.45) is 18.9 Å². The molecule has 1 aromatic heterocycles. The van der Waals surface area contributed by atoms with Gasteiger partial charge in [0.1, 0.15) is 0 Å². The first-order valence-corrected chi connectivity index (χ1v) is 10.5. The minimum Gasteiger partial charge on any atom is -0.356 e. The molecule has 0 bridgehead atoms. The number of para-hydroxylation sites is 1. The first kappa shape index (κ1) is 19.9. The van der Waals surface area contributed by atoms with Crippen LogP contribution in [0.5, 0.6) is 0 Å². The first-order chi connectivity index (χ1) is 13.0. The van der Waals surface area contributed by atoms with E-state index in [9.17, 15) is 4.79 Å². The lowest BCUT2D eigenvalue weighted by atomic mass is 9.92. The van der Waals surface area contributed by atoms with Gasteiger partial charge in [-0.2, -0.15) is 0 Å². The Hall–Kier alpha value is -1.81. The second kappa shape index (κ2) is 8.92. The molecule has 3 rings (SSSR count). The Bertz CT molecular complexity index is 769. The molecule has 2 aromatic rings. The van der Waals surface area contributed by atoms with Crippen LogP contribution in [0.2, 0.25) is 0 Å². The fourth-order valence-electron chi connectivity index (χ4n) is 4.77. The molecule has 0 aliphatic carbocycles. The highest BCUT2D eigenvalue weighted by atomic mass is 16.1. The van der Waals surface area contributed by atoms with Crippen LogP contribution in [0.3, 0.4) is 0 Å². The summed E-state index contributed by atoms with van der Waals surface area (Å²) in [5.41, 5.74) is 3.91. The number of nitrogens with zero attached hydrogens (tertiary/aromatic N) is 2. The van der Waals surface area contributed by atoms with E-state index in [4.69, 9.17) is 0 Å². The summed E-state index contributed by atoms with van der Waals surface area (Å²) in [6, 6.07) is 8.51. The van der Waals surface area contributed by atoms with E-state index in [2.05, 4.69) is 66.9 Å². The average Bonchev–Trinajstić information content (AvgIpc) is 2.86. The Morgan fingerprint density at radius 3 is 2.63 bits per heavy atom. The molecule has 1 saturated heterocycles. The van der Waals surface area contributed by atoms with Crippen LogP contribution in [0.4, 0.5) is 0 Å². The van der Waals surface area contributed by atoms with Gasteiger partial charge in [-0.15, -0.1) is 0 Å². The van der Waals surface area contributed by atoms with Crippen LogP contribution in [-0.2, 0) is 18.3 Å². The van der Waals surface area contributed by atoms with Gasteiger partial charge in [0.15, 0.2) is 0 Å². The minimum atomic E-state index is 0.186. The molecule has 1 aliphatic heterocycles. The molecule has 1 N–H and O–H groups in total. The molecule has 0 radical (unpaired) electrons. The maximum Gasteiger partial charge on any atom is 0.220 e. The Kier molecular flexibility index (Phi) is 6.59. The van der Waals surface area contributed by atoms with E-state index in [-0.39, 0.29) is 5.91 Å². The topological polar surface area (TPSA) is 37.3 Å². The van der Waals surface area contributed by atoms with E-state index in [0.717, 1.165) is 31.2 Å². The molecule has 1 aliphatic rings. The maximum atomic E-state index is 12.2. The van der Waals surface area contributed by atoms with E-state index >= 15 is 0 Å². The molecule has 2 atom stereocenters. The van der Waals surface area contributed by atoms with Gasteiger partial charge in [-0.3, -0.25) is 4.79 Å². The summed E-state index contributed by atoms with van der Waals surface area (Å²) in [5, 5.41) is 4.43. The highest BCUT2D eigenvalue weighted by Crippen LogP contribution is 2.25. The third kappa shape index (κ3) is 4.92. The normalized spacial score (nSPS) is 20.9. The second-order valence-electron chi connectivity index (χ2n) is 8.55. The van der Waals surface area contributed by atoms with E-state index in [0.29, 0.717) is 13.0 Å². The molecule has 1 fully saturated rings. The van der Waals surface area contributed by atoms with Crippen LogP contribution in [0, 0.1) is 18.8 Å². The van der Waals surface area contributed by atoms with Crippen LogP contribution in [-0.4, -0.2) is 41.6 Å². The van der Waals surface area contributed by atoms with Crippen molar-refractivity contribution in [3.8, 4) is 0 Å². The van der Waals surface area contributed by atoms with Crippen molar-refractivity contribution in [1.82, 2.24) is 14.8 Å². The Balaban J connectivity index is 1.42. The second-order valence-corrected chi connectivity index (χ2v) is 8.55. The predicted octanol–water partition coefficient (Wildman–Crippen LogP) is 3.90. The van der Waals surface area contributed by atoms with E-state index < -0.39 is 0 Å². The zero-order valence-electron chi connectivity index (χ0n) is 17.4. The third-order valence-electron chi connectivity index (χ3n) is 6.05. The fourth-order valence-corrected chi connectivity index (χ4v) is 4.77. The fraction of sp³-hybridized carbons (Fsp3) is 0.609. The summed E-state index contributed by atoms with van der Waals surface area (Å²) >= 11 is 0. The van der Waals surface area contributed by atoms with Crippen molar-refractivity contribution >= 4 is 16.8 Å². The summed E-state index contributed by atoms with van der Waals surface area (Å²) in [5.74, 6) is 1.75. The number of hydrogen-bond donors (Lipinski definition) is 1. The standard InChI is InChI=1S/C23H35N3O/c1-17-14-18(2)16-26(15-17)13-7-10-23(27)24-12-11-20-19(3)25(4)22-9-6-5-8-21(20)22/h5-6,8-9,17-18H,7,10-16H2,1-4H3,(H,24,27). The number of carbonyl (C=O) groups excluding carboxylic acids is 1. The molecule has 148 valence electrons. The summed E-state index contributed by atoms with van der Waals surface area (Å²) < 4.78 is 2.24. The van der Waals surface area contributed by atoms with Crippen LogP contribution in [0.1, 0.15) is 44.4 Å². The molecule has 0 saturated carbocycles. The van der Waals surface area contributed by atoms with Gasteiger partial charge in [0, 0.05) is 49.7 Å². The smallest absolute Gasteiger partial charge is 0.220 e. The average molecular weight is 370 g/mol. The largest absolute Gasteiger partial charge is 0.356 e. The Labute approximate surface area is 163 Å². The predicted molar refractivity (Wildman–Crippen MR) is 113 cm³/mol. The summed E-state index contributed by atoms with van der Waals surface area (Å²) in [4.78, 5) is 14.8. The number of rotatable bonds is 7. The van der Waals surface area contributed by atoms with E-state index in [1.54, 1.807) is 0 Å². The summed E-state index contributed by atoms with van der Waals surface area (Å²) in [7, 11) is 2.11. The number of piperidine rings is 1. The van der Waals surface area contributed by atoms with Crippen molar-refractivity contribution in [2.45, 2.75) is 46.5 Å². The van der Waals surface area contributed by atoms with E-state index in [1.165, 1.54) is 41.7 Å².